The van der Waals surface area contributed by atoms with E-state index in [-0.39, 0.29) is 17.8 Å². The number of benzene rings is 2. The van der Waals surface area contributed by atoms with Crippen LogP contribution in [0.2, 0.25) is 0 Å². The molecule has 0 fully saturated rings. The third-order valence-corrected chi connectivity index (χ3v) is 5.16. The van der Waals surface area contributed by atoms with Gasteiger partial charge in [0, 0.05) is 24.5 Å². The third-order valence-electron chi connectivity index (χ3n) is 5.16. The number of nitrogens with zero attached hydrogens (tertiary/aromatic N) is 5. The number of alkyl halides is 2. The van der Waals surface area contributed by atoms with E-state index < -0.39 is 17.7 Å². The summed E-state index contributed by atoms with van der Waals surface area (Å²) < 4.78 is 27.2. The number of Topliss-reactive ketones (excluding diaryl/α,β-unsaturated/α-hetero) is 1. The summed E-state index contributed by atoms with van der Waals surface area (Å²) in [6, 6.07) is 12.7. The molecule has 0 aliphatic carbocycles. The van der Waals surface area contributed by atoms with Gasteiger partial charge in [0.2, 0.25) is 0 Å². The molecule has 0 radical (unpaired) electrons. The van der Waals surface area contributed by atoms with Gasteiger partial charge < -0.3 is 0 Å². The normalized spacial score (nSPS) is 18.4. The summed E-state index contributed by atoms with van der Waals surface area (Å²) in [5.74, 6) is -4.89. The Balaban J connectivity index is 1.49. The molecule has 2 heterocycles. The van der Waals surface area contributed by atoms with Crippen LogP contribution in [0.25, 0.3) is 0 Å². The number of amides is 1. The number of halogens is 2. The quantitative estimate of drug-likeness (QED) is 0.655. The van der Waals surface area contributed by atoms with E-state index >= 15 is 0 Å². The molecule has 0 N–H and O–H groups in total. The highest BCUT2D eigenvalue weighted by Gasteiger charge is 2.39. The Morgan fingerprint density at radius 3 is 2.58 bits per heavy atom. The first-order valence-corrected chi connectivity index (χ1v) is 9.67. The van der Waals surface area contributed by atoms with Crippen molar-refractivity contribution in [2.45, 2.75) is 26.2 Å². The monoisotopic (exact) mass is 423 g/mol. The van der Waals surface area contributed by atoms with Gasteiger partial charge in [0.25, 0.3) is 11.8 Å². The fourth-order valence-corrected chi connectivity index (χ4v) is 3.54. The van der Waals surface area contributed by atoms with Crippen LogP contribution in [0.4, 0.5) is 14.5 Å². The Morgan fingerprint density at radius 2 is 1.94 bits per heavy atom. The van der Waals surface area contributed by atoms with Gasteiger partial charge in [-0.25, -0.2) is 8.78 Å². The second-order valence-corrected chi connectivity index (χ2v) is 7.54. The molecule has 0 saturated carbocycles. The lowest BCUT2D eigenvalue weighted by molar-refractivity contribution is -0.128. The number of carbonyl (C=O) groups is 2. The zero-order chi connectivity index (χ0) is 22.2. The van der Waals surface area contributed by atoms with Gasteiger partial charge in [-0.1, -0.05) is 30.3 Å². The molecule has 4 rings (SSSR count). The Bertz CT molecular complexity index is 1130. The molecule has 2 aromatic rings. The predicted molar refractivity (Wildman–Crippen MR) is 112 cm³/mol. The van der Waals surface area contributed by atoms with Crippen molar-refractivity contribution in [2.75, 3.05) is 11.6 Å². The van der Waals surface area contributed by atoms with E-state index in [1.807, 2.05) is 0 Å². The number of hydrogen-bond acceptors (Lipinski definition) is 6. The number of hydrazone groups is 1. The maximum absolute atomic E-state index is 13.6. The summed E-state index contributed by atoms with van der Waals surface area (Å²) >= 11 is 0. The Kier molecular flexibility index (Phi) is 5.26. The van der Waals surface area contributed by atoms with Gasteiger partial charge in [0.05, 0.1) is 17.1 Å². The molecular formula is C22H19F2N5O2. The van der Waals surface area contributed by atoms with E-state index in [9.17, 15) is 18.4 Å². The molecule has 2 aromatic carbocycles. The van der Waals surface area contributed by atoms with Crippen molar-refractivity contribution < 1.29 is 18.4 Å². The Labute approximate surface area is 177 Å². The van der Waals surface area contributed by atoms with Crippen LogP contribution in [0.1, 0.15) is 30.5 Å². The Hall–Kier alpha value is -3.62. The van der Waals surface area contributed by atoms with E-state index in [0.29, 0.717) is 23.5 Å². The minimum Gasteiger partial charge on any atom is -0.298 e. The van der Waals surface area contributed by atoms with Gasteiger partial charge in [0.1, 0.15) is 12.5 Å². The molecule has 2 aliphatic rings. The third kappa shape index (κ3) is 4.16. The van der Waals surface area contributed by atoms with Gasteiger partial charge in [0.15, 0.2) is 5.78 Å². The molecular weight excluding hydrogens is 404 g/mol. The molecule has 0 aromatic heterocycles. The number of anilines is 1. The molecule has 0 spiro atoms. The van der Waals surface area contributed by atoms with Crippen LogP contribution in [0.3, 0.4) is 0 Å². The van der Waals surface area contributed by atoms with Crippen molar-refractivity contribution >= 4 is 28.8 Å². The van der Waals surface area contributed by atoms with Gasteiger partial charge in [-0.3, -0.25) is 9.59 Å². The molecule has 9 heteroatoms. The first kappa shape index (κ1) is 20.6. The number of rotatable bonds is 6. The molecule has 0 bridgehead atoms. The molecule has 0 saturated heterocycles. The molecule has 31 heavy (non-hydrogen) atoms. The highest BCUT2D eigenvalue weighted by molar-refractivity contribution is 6.27. The summed E-state index contributed by atoms with van der Waals surface area (Å²) in [7, 11) is 0. The number of hydrogen-bond donors (Lipinski definition) is 0. The van der Waals surface area contributed by atoms with E-state index in [2.05, 4.69) is 20.5 Å². The lowest BCUT2D eigenvalue weighted by Gasteiger charge is -2.15. The number of carbonyl (C=O) groups excluding carboxylic acids is 2. The van der Waals surface area contributed by atoms with E-state index in [4.69, 9.17) is 0 Å². The maximum atomic E-state index is 13.6. The van der Waals surface area contributed by atoms with E-state index in [1.54, 1.807) is 37.3 Å². The summed E-state index contributed by atoms with van der Waals surface area (Å²) in [5.41, 5.74) is 2.71. The topological polar surface area (TPSA) is 86.8 Å². The van der Waals surface area contributed by atoms with E-state index in [0.717, 1.165) is 18.2 Å². The van der Waals surface area contributed by atoms with Crippen molar-refractivity contribution in [2.24, 2.45) is 26.5 Å². The molecule has 1 atom stereocenters. The van der Waals surface area contributed by atoms with Crippen LogP contribution >= 0.6 is 0 Å². The van der Waals surface area contributed by atoms with Crippen LogP contribution in [-0.4, -0.2) is 29.7 Å². The SMILES string of the molecule is CC1=NN(c2ccc(C3=NN=NC3)cc2)C(=O)C1C(=O)Cc1cccc(C(C)(F)F)c1. The van der Waals surface area contributed by atoms with Crippen LogP contribution in [0.5, 0.6) is 0 Å². The maximum Gasteiger partial charge on any atom is 0.270 e. The zero-order valence-corrected chi connectivity index (χ0v) is 16.9. The number of ketones is 1. The average Bonchev–Trinajstić information content (AvgIpc) is 3.36. The van der Waals surface area contributed by atoms with Gasteiger partial charge in [-0.2, -0.15) is 15.2 Å². The van der Waals surface area contributed by atoms with Crippen LogP contribution in [0, 0.1) is 5.92 Å². The molecule has 2 aliphatic heterocycles. The first-order valence-electron chi connectivity index (χ1n) is 9.67. The first-order chi connectivity index (χ1) is 14.7. The van der Waals surface area contributed by atoms with Crippen LogP contribution < -0.4 is 5.01 Å². The predicted octanol–water partition coefficient (Wildman–Crippen LogP) is 4.12. The summed E-state index contributed by atoms with van der Waals surface area (Å²) in [4.78, 5) is 25.8. The van der Waals surface area contributed by atoms with E-state index in [1.165, 1.54) is 23.2 Å². The molecule has 1 amide bonds. The lowest BCUT2D eigenvalue weighted by atomic mass is 9.93. The second kappa shape index (κ2) is 7.90. The summed E-state index contributed by atoms with van der Waals surface area (Å²) in [5, 5.41) is 16.8. The van der Waals surface area contributed by atoms with Crippen molar-refractivity contribution in [1.29, 1.82) is 0 Å². The fourth-order valence-electron chi connectivity index (χ4n) is 3.54. The summed E-state index contributed by atoms with van der Waals surface area (Å²) in [6.45, 7) is 2.82. The largest absolute Gasteiger partial charge is 0.298 e. The van der Waals surface area contributed by atoms with Crippen molar-refractivity contribution in [1.82, 2.24) is 0 Å². The van der Waals surface area contributed by atoms with Crippen molar-refractivity contribution in [3.63, 3.8) is 0 Å². The van der Waals surface area contributed by atoms with Crippen molar-refractivity contribution in [3.05, 3.63) is 65.2 Å². The minimum atomic E-state index is -3.01. The lowest BCUT2D eigenvalue weighted by Crippen LogP contribution is -2.33. The zero-order valence-electron chi connectivity index (χ0n) is 16.9. The van der Waals surface area contributed by atoms with Crippen LogP contribution in [0.15, 0.2) is 69.1 Å². The highest BCUT2D eigenvalue weighted by Crippen LogP contribution is 2.29. The summed E-state index contributed by atoms with van der Waals surface area (Å²) in [6.07, 6.45) is -0.132. The highest BCUT2D eigenvalue weighted by atomic mass is 19.3. The van der Waals surface area contributed by atoms with Crippen molar-refractivity contribution in [3.8, 4) is 0 Å². The Morgan fingerprint density at radius 1 is 1.19 bits per heavy atom. The average molecular weight is 423 g/mol. The van der Waals surface area contributed by atoms with Gasteiger partial charge in [-0.15, -0.1) is 5.10 Å². The molecule has 7 nitrogen and oxygen atoms in total. The minimum absolute atomic E-state index is 0.132. The molecule has 158 valence electrons. The standard InChI is InChI=1S/C22H19F2N5O2/c1-13-20(19(30)11-14-4-3-5-16(10-14)22(2,23)24)21(31)29(27-13)17-8-6-15(7-9-17)18-12-25-28-26-18/h3-10,20H,11-12H2,1-2H3. The van der Waals surface area contributed by atoms with Gasteiger partial charge in [-0.05, 0) is 35.9 Å². The molecule has 1 unspecified atom stereocenters. The second-order valence-electron chi connectivity index (χ2n) is 7.54. The van der Waals surface area contributed by atoms with Crippen LogP contribution in [-0.2, 0) is 21.9 Å². The fraction of sp³-hybridized carbons (Fsp3) is 0.273. The smallest absolute Gasteiger partial charge is 0.270 e. The van der Waals surface area contributed by atoms with Gasteiger partial charge >= 0.3 is 0 Å².